The summed E-state index contributed by atoms with van der Waals surface area (Å²) in [6.45, 7) is 2.60. The Labute approximate surface area is 126 Å². The van der Waals surface area contributed by atoms with Crippen LogP contribution < -0.4 is 9.47 Å². The monoisotopic (exact) mass is 340 g/mol. The van der Waals surface area contributed by atoms with Gasteiger partial charge in [-0.3, -0.25) is 4.79 Å². The number of carbonyl (C=O) groups excluding carboxylic acids is 1. The Bertz CT molecular complexity index is 509. The molecule has 0 aromatic heterocycles. The van der Waals surface area contributed by atoms with Crippen LogP contribution in [-0.4, -0.2) is 32.2 Å². The van der Waals surface area contributed by atoms with Gasteiger partial charge in [0, 0.05) is 35.6 Å². The lowest BCUT2D eigenvalue weighted by Crippen LogP contribution is -2.23. The molecule has 0 amide bonds. The molecule has 1 saturated heterocycles. The minimum atomic E-state index is 0.0461. The second-order valence-electron chi connectivity index (χ2n) is 5.08. The Hall–Kier alpha value is -1.07. The summed E-state index contributed by atoms with van der Waals surface area (Å²) in [5, 5.41) is 0. The molecule has 3 rings (SSSR count). The molecule has 20 heavy (non-hydrogen) atoms. The van der Waals surface area contributed by atoms with Crippen molar-refractivity contribution in [2.45, 2.75) is 19.3 Å². The second-order valence-corrected chi connectivity index (χ2v) is 5.93. The highest BCUT2D eigenvalue weighted by Crippen LogP contribution is 2.36. The van der Waals surface area contributed by atoms with E-state index in [1.807, 2.05) is 12.1 Å². The third kappa shape index (κ3) is 2.83. The average Bonchev–Trinajstić information content (AvgIpc) is 2.71. The second kappa shape index (κ2) is 6.14. The fourth-order valence-electron chi connectivity index (χ4n) is 2.55. The van der Waals surface area contributed by atoms with Crippen molar-refractivity contribution in [2.75, 3.05) is 26.4 Å². The van der Waals surface area contributed by atoms with E-state index in [4.69, 9.17) is 14.2 Å². The smallest absolute Gasteiger partial charge is 0.167 e. The van der Waals surface area contributed by atoms with Gasteiger partial charge < -0.3 is 14.2 Å². The summed E-state index contributed by atoms with van der Waals surface area (Å²) in [6.07, 6.45) is 2.44. The van der Waals surface area contributed by atoms with Gasteiger partial charge in [0.2, 0.25) is 0 Å². The molecule has 2 aliphatic heterocycles. The number of carbonyl (C=O) groups is 1. The molecule has 1 aromatic rings. The van der Waals surface area contributed by atoms with Gasteiger partial charge in [0.25, 0.3) is 0 Å². The minimum Gasteiger partial charge on any atom is -0.490 e. The maximum Gasteiger partial charge on any atom is 0.167 e. The Balaban J connectivity index is 1.88. The van der Waals surface area contributed by atoms with E-state index in [0.717, 1.165) is 23.7 Å². The number of halogens is 1. The number of ketones is 1. The van der Waals surface area contributed by atoms with E-state index in [0.29, 0.717) is 43.5 Å². The standard InChI is InChI=1S/C15H17BrO4/c16-12-9-14-13(19-4-1-5-20-14)8-11(12)15(17)10-2-6-18-7-3-10/h8-10H,1-7H2. The van der Waals surface area contributed by atoms with Crippen molar-refractivity contribution in [3.05, 3.63) is 22.2 Å². The van der Waals surface area contributed by atoms with Gasteiger partial charge in [-0.25, -0.2) is 0 Å². The fourth-order valence-corrected chi connectivity index (χ4v) is 3.07. The Morgan fingerprint density at radius 3 is 2.40 bits per heavy atom. The summed E-state index contributed by atoms with van der Waals surface area (Å²) in [4.78, 5) is 12.6. The minimum absolute atomic E-state index is 0.0461. The molecule has 4 nitrogen and oxygen atoms in total. The lowest BCUT2D eigenvalue weighted by molar-refractivity contribution is 0.0544. The maximum atomic E-state index is 12.6. The largest absolute Gasteiger partial charge is 0.490 e. The van der Waals surface area contributed by atoms with E-state index in [9.17, 15) is 4.79 Å². The maximum absolute atomic E-state index is 12.6. The normalized spacial score (nSPS) is 19.4. The van der Waals surface area contributed by atoms with E-state index in [1.165, 1.54) is 0 Å². The number of Topliss-reactive ketones (excluding diaryl/α,β-unsaturated/α-hetero) is 1. The highest BCUT2D eigenvalue weighted by molar-refractivity contribution is 9.10. The number of ether oxygens (including phenoxy) is 3. The van der Waals surface area contributed by atoms with Gasteiger partial charge in [-0.1, -0.05) is 0 Å². The molecule has 5 heteroatoms. The van der Waals surface area contributed by atoms with Crippen LogP contribution in [0.5, 0.6) is 11.5 Å². The molecule has 0 unspecified atom stereocenters. The molecule has 0 atom stereocenters. The van der Waals surface area contributed by atoms with Crippen molar-refractivity contribution in [1.82, 2.24) is 0 Å². The SMILES string of the molecule is O=C(c1cc2c(cc1Br)OCCCO2)C1CCOCC1. The zero-order valence-electron chi connectivity index (χ0n) is 11.2. The predicted molar refractivity (Wildman–Crippen MR) is 77.6 cm³/mol. The first kappa shape index (κ1) is 13.9. The van der Waals surface area contributed by atoms with Crippen molar-refractivity contribution in [3.8, 4) is 11.5 Å². The van der Waals surface area contributed by atoms with Gasteiger partial charge in [-0.15, -0.1) is 0 Å². The van der Waals surface area contributed by atoms with E-state index < -0.39 is 0 Å². The van der Waals surface area contributed by atoms with Gasteiger partial charge in [0.15, 0.2) is 17.3 Å². The number of rotatable bonds is 2. The molecule has 0 radical (unpaired) electrons. The topological polar surface area (TPSA) is 44.8 Å². The first-order chi connectivity index (χ1) is 9.75. The van der Waals surface area contributed by atoms with Crippen LogP contribution >= 0.6 is 15.9 Å². The molecule has 0 bridgehead atoms. The van der Waals surface area contributed by atoms with Crippen LogP contribution in [0.3, 0.4) is 0 Å². The first-order valence-corrected chi connectivity index (χ1v) is 7.76. The summed E-state index contributed by atoms with van der Waals surface area (Å²) in [6, 6.07) is 3.65. The molecule has 0 N–H and O–H groups in total. The lowest BCUT2D eigenvalue weighted by atomic mass is 9.91. The summed E-state index contributed by atoms with van der Waals surface area (Å²) >= 11 is 3.48. The zero-order valence-corrected chi connectivity index (χ0v) is 12.8. The summed E-state index contributed by atoms with van der Waals surface area (Å²) in [5.74, 6) is 1.58. The van der Waals surface area contributed by atoms with E-state index >= 15 is 0 Å². The average molecular weight is 341 g/mol. The molecule has 1 fully saturated rings. The van der Waals surface area contributed by atoms with Crippen molar-refractivity contribution in [3.63, 3.8) is 0 Å². The summed E-state index contributed by atoms with van der Waals surface area (Å²) in [7, 11) is 0. The zero-order chi connectivity index (χ0) is 13.9. The van der Waals surface area contributed by atoms with Crippen LogP contribution in [0, 0.1) is 5.92 Å². The molecule has 108 valence electrons. The Morgan fingerprint density at radius 1 is 1.05 bits per heavy atom. The Kier molecular flexibility index (Phi) is 4.27. The van der Waals surface area contributed by atoms with Crippen LogP contribution in [0.25, 0.3) is 0 Å². The van der Waals surface area contributed by atoms with E-state index in [1.54, 1.807) is 0 Å². The quantitative estimate of drug-likeness (QED) is 0.775. The fraction of sp³-hybridized carbons (Fsp3) is 0.533. The predicted octanol–water partition coefficient (Wildman–Crippen LogP) is 3.22. The molecule has 1 aromatic carbocycles. The van der Waals surface area contributed by atoms with Crippen molar-refractivity contribution in [2.24, 2.45) is 5.92 Å². The lowest BCUT2D eigenvalue weighted by Gasteiger charge is -2.21. The van der Waals surface area contributed by atoms with Crippen LogP contribution in [0.1, 0.15) is 29.6 Å². The Morgan fingerprint density at radius 2 is 1.70 bits per heavy atom. The van der Waals surface area contributed by atoms with E-state index in [-0.39, 0.29) is 11.7 Å². The third-order valence-corrected chi connectivity index (χ3v) is 4.35. The number of benzene rings is 1. The van der Waals surface area contributed by atoms with Crippen molar-refractivity contribution in [1.29, 1.82) is 0 Å². The summed E-state index contributed by atoms with van der Waals surface area (Å²) in [5.41, 5.74) is 0.682. The highest BCUT2D eigenvalue weighted by atomic mass is 79.9. The van der Waals surface area contributed by atoms with E-state index in [2.05, 4.69) is 15.9 Å². The molecule has 2 heterocycles. The van der Waals surface area contributed by atoms with Crippen LogP contribution in [0.2, 0.25) is 0 Å². The van der Waals surface area contributed by atoms with Crippen LogP contribution in [-0.2, 0) is 4.74 Å². The number of hydrogen-bond acceptors (Lipinski definition) is 4. The highest BCUT2D eigenvalue weighted by Gasteiger charge is 2.26. The third-order valence-electron chi connectivity index (χ3n) is 3.69. The van der Waals surface area contributed by atoms with Gasteiger partial charge in [-0.05, 0) is 40.9 Å². The van der Waals surface area contributed by atoms with Gasteiger partial charge in [0.05, 0.1) is 13.2 Å². The van der Waals surface area contributed by atoms with Crippen LogP contribution in [0.4, 0.5) is 0 Å². The molecular weight excluding hydrogens is 324 g/mol. The molecule has 0 saturated carbocycles. The summed E-state index contributed by atoms with van der Waals surface area (Å²) < 4.78 is 17.4. The first-order valence-electron chi connectivity index (χ1n) is 6.97. The van der Waals surface area contributed by atoms with Crippen molar-refractivity contribution >= 4 is 21.7 Å². The van der Waals surface area contributed by atoms with Gasteiger partial charge in [0.1, 0.15) is 0 Å². The van der Waals surface area contributed by atoms with Gasteiger partial charge >= 0.3 is 0 Å². The molecular formula is C15H17BrO4. The number of hydrogen-bond donors (Lipinski definition) is 0. The van der Waals surface area contributed by atoms with Crippen LogP contribution in [0.15, 0.2) is 16.6 Å². The van der Waals surface area contributed by atoms with Crippen molar-refractivity contribution < 1.29 is 19.0 Å². The molecule has 0 spiro atoms. The van der Waals surface area contributed by atoms with Gasteiger partial charge in [-0.2, -0.15) is 0 Å². The molecule has 2 aliphatic rings. The number of fused-ring (bicyclic) bond motifs is 1. The molecule has 0 aliphatic carbocycles.